The van der Waals surface area contributed by atoms with Gasteiger partial charge in [-0.25, -0.2) is 0 Å². The van der Waals surface area contributed by atoms with Gasteiger partial charge in [-0.15, -0.1) is 0 Å². The summed E-state index contributed by atoms with van der Waals surface area (Å²) in [5.41, 5.74) is 0. The lowest BCUT2D eigenvalue weighted by atomic mass is 10.1. The monoisotopic (exact) mass is 157 g/mol. The molecule has 2 nitrogen and oxygen atoms in total. The first-order chi connectivity index (χ1) is 5.25. The fraction of sp³-hybridized carbons (Fsp3) is 0.889. The summed E-state index contributed by atoms with van der Waals surface area (Å²) in [4.78, 5) is 13.0. The number of carbonyl (C=O) groups excluding carboxylic acids is 1. The minimum absolute atomic E-state index is 0.282. The summed E-state index contributed by atoms with van der Waals surface area (Å²) in [6.07, 6.45) is 1.05. The van der Waals surface area contributed by atoms with Crippen molar-refractivity contribution in [2.45, 2.75) is 34.1 Å². The lowest BCUT2D eigenvalue weighted by Crippen LogP contribution is -2.25. The Balaban J connectivity index is 0.000000461. The maximum Gasteiger partial charge on any atom is 0.225 e. The van der Waals surface area contributed by atoms with Crippen LogP contribution in [0.25, 0.3) is 0 Å². The van der Waals surface area contributed by atoms with E-state index in [2.05, 4.69) is 0 Å². The predicted octanol–water partition coefficient (Wildman–Crippen LogP) is 1.90. The summed E-state index contributed by atoms with van der Waals surface area (Å²) in [7, 11) is 0. The molecule has 0 bridgehead atoms. The van der Waals surface area contributed by atoms with Crippen LogP contribution in [0.15, 0.2) is 0 Å². The van der Waals surface area contributed by atoms with E-state index in [1.165, 1.54) is 0 Å². The van der Waals surface area contributed by atoms with Gasteiger partial charge in [-0.05, 0) is 13.3 Å². The smallest absolute Gasteiger partial charge is 0.225 e. The molecule has 1 amide bonds. The number of hydrogen-bond acceptors (Lipinski definition) is 1. The number of nitrogens with zero attached hydrogens (tertiary/aromatic N) is 1. The van der Waals surface area contributed by atoms with Crippen molar-refractivity contribution >= 4 is 5.91 Å². The molecule has 0 aromatic rings. The molecule has 1 aliphatic rings. The summed E-state index contributed by atoms with van der Waals surface area (Å²) < 4.78 is 0. The lowest BCUT2D eigenvalue weighted by molar-refractivity contribution is -0.130. The molecule has 2 heteroatoms. The van der Waals surface area contributed by atoms with E-state index in [-0.39, 0.29) is 5.92 Å². The van der Waals surface area contributed by atoms with Crippen LogP contribution in [0.1, 0.15) is 34.1 Å². The topological polar surface area (TPSA) is 20.3 Å². The standard InChI is InChI=1S/C7H13NO.C2H6/c1-3-8-5-4-6(2)7(8)9;1-2/h6H,3-5H2,1-2H3;1-2H3. The average Bonchev–Trinajstić information content (AvgIpc) is 2.37. The van der Waals surface area contributed by atoms with Crippen molar-refractivity contribution in [3.63, 3.8) is 0 Å². The number of likely N-dealkylation sites (tertiary alicyclic amines) is 1. The van der Waals surface area contributed by atoms with Crippen molar-refractivity contribution in [3.8, 4) is 0 Å². The van der Waals surface area contributed by atoms with Crippen molar-refractivity contribution < 1.29 is 4.79 Å². The molecule has 1 rings (SSSR count). The molecule has 0 saturated carbocycles. The van der Waals surface area contributed by atoms with Gasteiger partial charge in [-0.1, -0.05) is 20.8 Å². The SMILES string of the molecule is CC.CCN1CCC(C)C1=O. The van der Waals surface area contributed by atoms with Crippen LogP contribution in [0.3, 0.4) is 0 Å². The first-order valence-electron chi connectivity index (χ1n) is 4.54. The van der Waals surface area contributed by atoms with Crippen LogP contribution in [0.2, 0.25) is 0 Å². The van der Waals surface area contributed by atoms with Gasteiger partial charge in [0, 0.05) is 19.0 Å². The summed E-state index contributed by atoms with van der Waals surface area (Å²) in [6, 6.07) is 0. The van der Waals surface area contributed by atoms with E-state index in [0.717, 1.165) is 19.5 Å². The summed E-state index contributed by atoms with van der Waals surface area (Å²) >= 11 is 0. The molecule has 0 N–H and O–H groups in total. The molecule has 1 saturated heterocycles. The molecule has 11 heavy (non-hydrogen) atoms. The van der Waals surface area contributed by atoms with E-state index in [0.29, 0.717) is 5.91 Å². The molecule has 0 spiro atoms. The summed E-state index contributed by atoms with van der Waals surface area (Å²) in [5, 5.41) is 0. The van der Waals surface area contributed by atoms with Crippen molar-refractivity contribution in [1.82, 2.24) is 4.90 Å². The highest BCUT2D eigenvalue weighted by atomic mass is 16.2. The summed E-state index contributed by atoms with van der Waals surface area (Å²) in [6.45, 7) is 9.87. The summed E-state index contributed by atoms with van der Waals surface area (Å²) in [5.74, 6) is 0.613. The predicted molar refractivity (Wildman–Crippen MR) is 47.4 cm³/mol. The highest BCUT2D eigenvalue weighted by Gasteiger charge is 2.25. The Kier molecular flexibility index (Phi) is 4.92. The van der Waals surface area contributed by atoms with Gasteiger partial charge in [0.15, 0.2) is 0 Å². The zero-order valence-corrected chi connectivity index (χ0v) is 8.05. The van der Waals surface area contributed by atoms with Crippen LogP contribution in [0.5, 0.6) is 0 Å². The third kappa shape index (κ3) is 2.52. The number of rotatable bonds is 1. The normalized spacial score (nSPS) is 23.1. The van der Waals surface area contributed by atoms with Crippen LogP contribution in [0, 0.1) is 5.92 Å². The molecule has 66 valence electrons. The van der Waals surface area contributed by atoms with Crippen LogP contribution in [-0.2, 0) is 4.79 Å². The molecular formula is C9H19NO. The van der Waals surface area contributed by atoms with Crippen molar-refractivity contribution in [3.05, 3.63) is 0 Å². The number of carbonyl (C=O) groups is 1. The van der Waals surface area contributed by atoms with Crippen molar-refractivity contribution in [2.75, 3.05) is 13.1 Å². The Morgan fingerprint density at radius 2 is 2.09 bits per heavy atom. The van der Waals surface area contributed by atoms with E-state index in [1.54, 1.807) is 0 Å². The molecule has 1 aliphatic heterocycles. The third-order valence-corrected chi connectivity index (χ3v) is 1.95. The van der Waals surface area contributed by atoms with Gasteiger partial charge in [0.1, 0.15) is 0 Å². The molecule has 0 radical (unpaired) electrons. The second-order valence-corrected chi connectivity index (χ2v) is 2.61. The maximum absolute atomic E-state index is 11.1. The van der Waals surface area contributed by atoms with E-state index in [4.69, 9.17) is 0 Å². The van der Waals surface area contributed by atoms with E-state index < -0.39 is 0 Å². The van der Waals surface area contributed by atoms with E-state index in [1.807, 2.05) is 32.6 Å². The Morgan fingerprint density at radius 3 is 2.27 bits per heavy atom. The molecule has 0 aromatic carbocycles. The first-order valence-corrected chi connectivity index (χ1v) is 4.54. The van der Waals surface area contributed by atoms with E-state index >= 15 is 0 Å². The first kappa shape index (κ1) is 10.5. The minimum atomic E-state index is 0.282. The minimum Gasteiger partial charge on any atom is -0.343 e. The third-order valence-electron chi connectivity index (χ3n) is 1.95. The average molecular weight is 157 g/mol. The Morgan fingerprint density at radius 1 is 1.55 bits per heavy atom. The fourth-order valence-electron chi connectivity index (χ4n) is 1.21. The molecule has 0 aromatic heterocycles. The largest absolute Gasteiger partial charge is 0.343 e. The van der Waals surface area contributed by atoms with Gasteiger partial charge in [-0.2, -0.15) is 0 Å². The molecule has 0 aliphatic carbocycles. The molecule has 1 atom stereocenters. The maximum atomic E-state index is 11.1. The zero-order chi connectivity index (χ0) is 8.85. The second kappa shape index (κ2) is 5.16. The van der Waals surface area contributed by atoms with Gasteiger partial charge in [0.05, 0.1) is 0 Å². The highest BCUT2D eigenvalue weighted by molar-refractivity contribution is 5.80. The lowest BCUT2D eigenvalue weighted by Gasteiger charge is -2.11. The fourth-order valence-corrected chi connectivity index (χ4v) is 1.21. The zero-order valence-electron chi connectivity index (χ0n) is 8.05. The van der Waals surface area contributed by atoms with Gasteiger partial charge in [-0.3, -0.25) is 4.79 Å². The van der Waals surface area contributed by atoms with Crippen LogP contribution in [0.4, 0.5) is 0 Å². The van der Waals surface area contributed by atoms with Gasteiger partial charge in [0.25, 0.3) is 0 Å². The van der Waals surface area contributed by atoms with Crippen molar-refractivity contribution in [2.24, 2.45) is 5.92 Å². The van der Waals surface area contributed by atoms with Crippen molar-refractivity contribution in [1.29, 1.82) is 0 Å². The van der Waals surface area contributed by atoms with Crippen LogP contribution < -0.4 is 0 Å². The van der Waals surface area contributed by atoms with Crippen LogP contribution in [-0.4, -0.2) is 23.9 Å². The molecule has 1 fully saturated rings. The van der Waals surface area contributed by atoms with Gasteiger partial charge in [0.2, 0.25) is 5.91 Å². The quantitative estimate of drug-likeness (QED) is 0.569. The number of hydrogen-bond donors (Lipinski definition) is 0. The second-order valence-electron chi connectivity index (χ2n) is 2.61. The highest BCUT2D eigenvalue weighted by Crippen LogP contribution is 2.15. The van der Waals surface area contributed by atoms with Gasteiger partial charge >= 0.3 is 0 Å². The Hall–Kier alpha value is -0.530. The van der Waals surface area contributed by atoms with E-state index in [9.17, 15) is 4.79 Å². The van der Waals surface area contributed by atoms with Crippen LogP contribution >= 0.6 is 0 Å². The molecule has 1 unspecified atom stereocenters. The Labute approximate surface area is 69.6 Å². The molecular weight excluding hydrogens is 138 g/mol. The molecule has 1 heterocycles. The number of amides is 1. The Bertz CT molecular complexity index is 123. The van der Waals surface area contributed by atoms with Gasteiger partial charge < -0.3 is 4.90 Å².